The van der Waals surface area contributed by atoms with E-state index in [1.165, 1.54) is 27.1 Å². The van der Waals surface area contributed by atoms with Crippen LogP contribution in [0.15, 0.2) is 54.6 Å². The SMILES string of the molecule is [Cu].c1ccc2c(CN3CC[N-]CC[N-]CC[N-]CC3)c3ccccc3cc2c1. The topological polar surface area (TPSA) is 45.5 Å². The number of nitrogens with zero attached hydrogens (tertiary/aromatic N) is 4. The maximum absolute atomic E-state index is 4.66. The minimum atomic E-state index is 0. The van der Waals surface area contributed by atoms with Gasteiger partial charge in [0.15, 0.2) is 0 Å². The first-order valence-corrected chi connectivity index (χ1v) is 9.93. The van der Waals surface area contributed by atoms with Crippen molar-refractivity contribution in [2.75, 3.05) is 52.4 Å². The van der Waals surface area contributed by atoms with Crippen LogP contribution in [0.25, 0.3) is 37.5 Å². The molecule has 1 fully saturated rings. The molecule has 1 aliphatic heterocycles. The van der Waals surface area contributed by atoms with Crippen LogP contribution in [0, 0.1) is 0 Å². The standard InChI is InChI=1S/C23H27N4.Cu/c1-3-7-21-19(5-1)17-20-6-2-4-8-22(20)23(21)18-27-15-13-25-11-9-24-10-12-26-14-16-27;/h1-8,17H,9-16,18H2;/q-3;. The van der Waals surface area contributed by atoms with Crippen LogP contribution < -0.4 is 0 Å². The van der Waals surface area contributed by atoms with E-state index in [0.29, 0.717) is 0 Å². The molecule has 28 heavy (non-hydrogen) atoms. The second-order valence-corrected chi connectivity index (χ2v) is 7.09. The summed E-state index contributed by atoms with van der Waals surface area (Å²) in [7, 11) is 0. The fourth-order valence-electron chi connectivity index (χ4n) is 3.81. The Hall–Kier alpha value is -1.46. The van der Waals surface area contributed by atoms with Gasteiger partial charge in [0, 0.05) is 23.6 Å². The van der Waals surface area contributed by atoms with E-state index in [1.807, 2.05) is 0 Å². The van der Waals surface area contributed by atoms with Crippen LogP contribution in [-0.4, -0.2) is 57.3 Å². The van der Waals surface area contributed by atoms with Crippen LogP contribution in [0.5, 0.6) is 0 Å². The van der Waals surface area contributed by atoms with Gasteiger partial charge in [0.1, 0.15) is 0 Å². The van der Waals surface area contributed by atoms with Gasteiger partial charge in [0.05, 0.1) is 0 Å². The average molecular weight is 423 g/mol. The molecule has 0 aliphatic carbocycles. The summed E-state index contributed by atoms with van der Waals surface area (Å²) in [6.45, 7) is 8.00. The number of fused-ring (bicyclic) bond motifs is 2. The van der Waals surface area contributed by atoms with E-state index >= 15 is 0 Å². The van der Waals surface area contributed by atoms with Gasteiger partial charge in [-0.1, -0.05) is 48.5 Å². The summed E-state index contributed by atoms with van der Waals surface area (Å²) >= 11 is 0. The number of rotatable bonds is 2. The molecule has 0 amide bonds. The normalized spacial score (nSPS) is 17.6. The Labute approximate surface area is 178 Å². The first-order valence-electron chi connectivity index (χ1n) is 9.93. The van der Waals surface area contributed by atoms with Gasteiger partial charge in [0.2, 0.25) is 0 Å². The Balaban J connectivity index is 0.00000225. The van der Waals surface area contributed by atoms with E-state index in [4.69, 9.17) is 0 Å². The summed E-state index contributed by atoms with van der Waals surface area (Å²) in [5, 5.41) is 19.1. The van der Waals surface area contributed by atoms with Gasteiger partial charge in [-0.2, -0.15) is 26.2 Å². The maximum atomic E-state index is 4.66. The summed E-state index contributed by atoms with van der Waals surface area (Å²) in [5.74, 6) is 0. The molecule has 0 N–H and O–H groups in total. The molecular formula is C23H27CuN4-3. The van der Waals surface area contributed by atoms with Crippen molar-refractivity contribution < 1.29 is 17.1 Å². The Morgan fingerprint density at radius 1 is 0.643 bits per heavy atom. The van der Waals surface area contributed by atoms with Crippen molar-refractivity contribution in [3.63, 3.8) is 0 Å². The summed E-state index contributed by atoms with van der Waals surface area (Å²) in [4.78, 5) is 2.51. The minimum Gasteiger partial charge on any atom is -0.665 e. The second-order valence-electron chi connectivity index (χ2n) is 7.09. The van der Waals surface area contributed by atoms with E-state index in [1.54, 1.807) is 0 Å². The quantitative estimate of drug-likeness (QED) is 0.426. The molecule has 153 valence electrons. The molecule has 1 heterocycles. The van der Waals surface area contributed by atoms with E-state index in [0.717, 1.165) is 58.9 Å². The molecule has 1 aliphatic rings. The third-order valence-corrected chi connectivity index (χ3v) is 5.25. The third kappa shape index (κ3) is 5.32. The molecule has 3 aromatic carbocycles. The average Bonchev–Trinajstić information content (AvgIpc) is 2.69. The van der Waals surface area contributed by atoms with Crippen LogP contribution in [0.1, 0.15) is 5.56 Å². The van der Waals surface area contributed by atoms with E-state index in [9.17, 15) is 0 Å². The molecule has 0 saturated carbocycles. The van der Waals surface area contributed by atoms with Gasteiger partial charge in [-0.15, -0.1) is 13.1 Å². The van der Waals surface area contributed by atoms with Gasteiger partial charge >= 0.3 is 0 Å². The number of hydrogen-bond acceptors (Lipinski definition) is 1. The van der Waals surface area contributed by atoms with Crippen molar-refractivity contribution in [3.8, 4) is 0 Å². The molecule has 1 saturated heterocycles. The summed E-state index contributed by atoms with van der Waals surface area (Å²) in [6.07, 6.45) is 0. The molecule has 0 unspecified atom stereocenters. The molecule has 3 aromatic rings. The van der Waals surface area contributed by atoms with Crippen molar-refractivity contribution in [2.24, 2.45) is 0 Å². The largest absolute Gasteiger partial charge is 0.665 e. The Morgan fingerprint density at radius 2 is 1.11 bits per heavy atom. The molecule has 0 spiro atoms. The molecule has 0 bridgehead atoms. The van der Waals surface area contributed by atoms with Gasteiger partial charge in [-0.05, 0) is 46.3 Å². The fraction of sp³-hybridized carbons (Fsp3) is 0.391. The van der Waals surface area contributed by atoms with Gasteiger partial charge in [-0.3, -0.25) is 0 Å². The third-order valence-electron chi connectivity index (χ3n) is 5.25. The molecule has 4 nitrogen and oxygen atoms in total. The van der Waals surface area contributed by atoms with E-state index in [-0.39, 0.29) is 17.1 Å². The zero-order valence-corrected chi connectivity index (χ0v) is 17.1. The van der Waals surface area contributed by atoms with Crippen molar-refractivity contribution in [2.45, 2.75) is 6.54 Å². The molecule has 5 heteroatoms. The monoisotopic (exact) mass is 422 g/mol. The molecule has 1 radical (unpaired) electrons. The Bertz CT molecular complexity index is 817. The summed E-state index contributed by atoms with van der Waals surface area (Å²) < 4.78 is 0. The molecule has 0 aromatic heterocycles. The number of hydrogen-bond donors (Lipinski definition) is 0. The predicted molar refractivity (Wildman–Crippen MR) is 116 cm³/mol. The zero-order valence-electron chi connectivity index (χ0n) is 16.2. The van der Waals surface area contributed by atoms with Crippen molar-refractivity contribution in [1.82, 2.24) is 4.90 Å². The van der Waals surface area contributed by atoms with Gasteiger partial charge in [-0.25, -0.2) is 0 Å². The predicted octanol–water partition coefficient (Wildman–Crippen LogP) is 4.93. The van der Waals surface area contributed by atoms with E-state index < -0.39 is 0 Å². The van der Waals surface area contributed by atoms with Crippen molar-refractivity contribution in [3.05, 3.63) is 76.1 Å². The van der Waals surface area contributed by atoms with Crippen LogP contribution in [0.2, 0.25) is 0 Å². The Morgan fingerprint density at radius 3 is 1.64 bits per heavy atom. The Kier molecular flexibility index (Phi) is 8.28. The molecule has 4 rings (SSSR count). The second kappa shape index (κ2) is 10.9. The van der Waals surface area contributed by atoms with Crippen LogP contribution in [0.4, 0.5) is 0 Å². The smallest absolute Gasteiger partial charge is 0.0244 e. The van der Waals surface area contributed by atoms with Crippen LogP contribution in [-0.2, 0) is 23.6 Å². The van der Waals surface area contributed by atoms with E-state index in [2.05, 4.69) is 75.4 Å². The fourth-order valence-corrected chi connectivity index (χ4v) is 3.81. The maximum Gasteiger partial charge on any atom is 0.0244 e. The van der Waals surface area contributed by atoms with Gasteiger partial charge in [0.25, 0.3) is 0 Å². The molecule has 0 atom stereocenters. The minimum absolute atomic E-state index is 0. The zero-order chi connectivity index (χ0) is 18.3. The first kappa shape index (κ1) is 21.3. The van der Waals surface area contributed by atoms with Crippen molar-refractivity contribution >= 4 is 21.5 Å². The summed E-state index contributed by atoms with van der Waals surface area (Å²) in [6, 6.07) is 19.8. The van der Waals surface area contributed by atoms with Crippen LogP contribution >= 0.6 is 0 Å². The van der Waals surface area contributed by atoms with Gasteiger partial charge < -0.3 is 20.9 Å². The number of benzene rings is 3. The van der Waals surface area contributed by atoms with Crippen LogP contribution in [0.3, 0.4) is 0 Å². The summed E-state index contributed by atoms with van der Waals surface area (Å²) in [5.41, 5.74) is 1.42. The molecular weight excluding hydrogens is 396 g/mol. The van der Waals surface area contributed by atoms with Crippen molar-refractivity contribution in [1.29, 1.82) is 0 Å². The first-order chi connectivity index (χ1) is 13.4.